The van der Waals surface area contributed by atoms with Crippen molar-refractivity contribution in [3.8, 4) is 0 Å². The van der Waals surface area contributed by atoms with Crippen molar-refractivity contribution in [1.29, 1.82) is 0 Å². The van der Waals surface area contributed by atoms with Gasteiger partial charge in [0.25, 0.3) is 0 Å². The highest BCUT2D eigenvalue weighted by molar-refractivity contribution is 7.09. The predicted octanol–water partition coefficient (Wildman–Crippen LogP) is 2.96. The maximum Gasteiger partial charge on any atom is 0.107 e. The lowest BCUT2D eigenvalue weighted by Crippen LogP contribution is -2.25. The Morgan fingerprint density at radius 1 is 1.47 bits per heavy atom. The van der Waals surface area contributed by atoms with Crippen molar-refractivity contribution in [3.63, 3.8) is 0 Å². The van der Waals surface area contributed by atoms with Crippen LogP contribution in [-0.2, 0) is 17.9 Å². The fraction of sp³-hybridized carbons (Fsp3) is 0.769. The summed E-state index contributed by atoms with van der Waals surface area (Å²) in [7, 11) is 1.95. The van der Waals surface area contributed by atoms with E-state index in [1.54, 1.807) is 11.3 Å². The van der Waals surface area contributed by atoms with Crippen LogP contribution in [0.2, 0.25) is 0 Å². The molecule has 0 saturated heterocycles. The van der Waals surface area contributed by atoms with Crippen LogP contribution in [0.25, 0.3) is 0 Å². The lowest BCUT2D eigenvalue weighted by Gasteiger charge is -2.28. The van der Waals surface area contributed by atoms with Crippen molar-refractivity contribution in [2.24, 2.45) is 5.92 Å². The standard InChI is InChI=1S/C13H22N2OS/c1-10-5-3-4-6-12(10)16-8-11-9-17-13(15-11)7-14-2/h9-10,12,14H,3-8H2,1-2H3. The number of aromatic nitrogens is 1. The molecule has 0 radical (unpaired) electrons. The molecular formula is C13H22N2OS. The summed E-state index contributed by atoms with van der Waals surface area (Å²) in [5, 5.41) is 6.37. The van der Waals surface area contributed by atoms with Crippen LogP contribution in [0, 0.1) is 5.92 Å². The summed E-state index contributed by atoms with van der Waals surface area (Å²) in [6.07, 6.45) is 5.65. The van der Waals surface area contributed by atoms with Gasteiger partial charge in [-0.2, -0.15) is 0 Å². The normalized spacial score (nSPS) is 25.1. The number of nitrogens with zero attached hydrogens (tertiary/aromatic N) is 1. The minimum atomic E-state index is 0.443. The molecule has 4 heteroatoms. The monoisotopic (exact) mass is 254 g/mol. The number of nitrogens with one attached hydrogen (secondary N) is 1. The lowest BCUT2D eigenvalue weighted by atomic mass is 9.88. The molecule has 2 unspecified atom stereocenters. The molecule has 0 aliphatic heterocycles. The molecule has 0 amide bonds. The lowest BCUT2D eigenvalue weighted by molar-refractivity contribution is -0.0166. The molecule has 1 saturated carbocycles. The minimum absolute atomic E-state index is 0.443. The first-order valence-electron chi connectivity index (χ1n) is 6.49. The molecule has 2 rings (SSSR count). The van der Waals surface area contributed by atoms with Crippen LogP contribution in [0.3, 0.4) is 0 Å². The third-order valence-corrected chi connectivity index (χ3v) is 4.30. The summed E-state index contributed by atoms with van der Waals surface area (Å²) in [5.41, 5.74) is 1.08. The molecule has 1 N–H and O–H groups in total. The second kappa shape index (κ2) is 6.47. The van der Waals surface area contributed by atoms with Crippen molar-refractivity contribution >= 4 is 11.3 Å². The van der Waals surface area contributed by atoms with Gasteiger partial charge in [-0.3, -0.25) is 0 Å². The zero-order valence-corrected chi connectivity index (χ0v) is 11.6. The summed E-state index contributed by atoms with van der Waals surface area (Å²) < 4.78 is 6.00. The molecule has 1 aromatic rings. The molecule has 2 atom stereocenters. The smallest absolute Gasteiger partial charge is 0.107 e. The van der Waals surface area contributed by atoms with Gasteiger partial charge in [-0.25, -0.2) is 4.98 Å². The maximum atomic E-state index is 6.00. The molecule has 96 valence electrons. The molecule has 17 heavy (non-hydrogen) atoms. The Morgan fingerprint density at radius 2 is 2.29 bits per heavy atom. The number of thiazole rings is 1. The Morgan fingerprint density at radius 3 is 3.06 bits per heavy atom. The summed E-state index contributed by atoms with van der Waals surface area (Å²) in [4.78, 5) is 4.54. The Kier molecular flexibility index (Phi) is 4.95. The van der Waals surface area contributed by atoms with Crippen LogP contribution < -0.4 is 5.32 Å². The van der Waals surface area contributed by atoms with E-state index in [2.05, 4.69) is 22.6 Å². The average Bonchev–Trinajstić information content (AvgIpc) is 2.76. The van der Waals surface area contributed by atoms with Gasteiger partial charge in [0, 0.05) is 11.9 Å². The average molecular weight is 254 g/mol. The van der Waals surface area contributed by atoms with Crippen molar-refractivity contribution in [2.45, 2.75) is 51.9 Å². The van der Waals surface area contributed by atoms with Crippen molar-refractivity contribution in [3.05, 3.63) is 16.1 Å². The third kappa shape index (κ3) is 3.76. The highest BCUT2D eigenvalue weighted by Crippen LogP contribution is 2.27. The zero-order valence-electron chi connectivity index (χ0n) is 10.7. The molecule has 1 aliphatic rings. The minimum Gasteiger partial charge on any atom is -0.372 e. The van der Waals surface area contributed by atoms with Crippen LogP contribution >= 0.6 is 11.3 Å². The van der Waals surface area contributed by atoms with Crippen molar-refractivity contribution in [2.75, 3.05) is 7.05 Å². The Balaban J connectivity index is 1.79. The molecule has 1 aliphatic carbocycles. The molecule has 1 aromatic heterocycles. The zero-order chi connectivity index (χ0) is 12.1. The van der Waals surface area contributed by atoms with Gasteiger partial charge in [0.15, 0.2) is 0 Å². The molecule has 0 spiro atoms. The van der Waals surface area contributed by atoms with Crippen LogP contribution in [0.5, 0.6) is 0 Å². The van der Waals surface area contributed by atoms with E-state index in [4.69, 9.17) is 4.74 Å². The summed E-state index contributed by atoms with van der Waals surface area (Å²) >= 11 is 1.71. The van der Waals surface area contributed by atoms with E-state index in [0.717, 1.165) is 17.2 Å². The van der Waals surface area contributed by atoms with Gasteiger partial charge in [-0.05, 0) is 25.8 Å². The van der Waals surface area contributed by atoms with Gasteiger partial charge >= 0.3 is 0 Å². The van der Waals surface area contributed by atoms with Crippen molar-refractivity contribution < 1.29 is 4.74 Å². The second-order valence-electron chi connectivity index (χ2n) is 4.87. The van der Waals surface area contributed by atoms with Gasteiger partial charge in [0.05, 0.1) is 18.4 Å². The molecule has 3 nitrogen and oxygen atoms in total. The number of rotatable bonds is 5. The van der Waals surface area contributed by atoms with E-state index >= 15 is 0 Å². The molecule has 0 aromatic carbocycles. The highest BCUT2D eigenvalue weighted by Gasteiger charge is 2.21. The number of ether oxygens (including phenoxy) is 1. The maximum absolute atomic E-state index is 6.00. The Hall–Kier alpha value is -0.450. The highest BCUT2D eigenvalue weighted by atomic mass is 32.1. The van der Waals surface area contributed by atoms with Gasteiger partial charge in [0.1, 0.15) is 5.01 Å². The van der Waals surface area contributed by atoms with E-state index in [0.29, 0.717) is 18.6 Å². The van der Waals surface area contributed by atoms with E-state index in [-0.39, 0.29) is 0 Å². The predicted molar refractivity (Wildman–Crippen MR) is 71.1 cm³/mol. The Labute approximate surface area is 108 Å². The van der Waals surface area contributed by atoms with Gasteiger partial charge in [-0.1, -0.05) is 19.8 Å². The molecule has 1 fully saturated rings. The van der Waals surface area contributed by atoms with Gasteiger partial charge in [0.2, 0.25) is 0 Å². The van der Waals surface area contributed by atoms with Crippen molar-refractivity contribution in [1.82, 2.24) is 10.3 Å². The fourth-order valence-corrected chi connectivity index (χ4v) is 3.16. The van der Waals surface area contributed by atoms with Crippen LogP contribution in [0.1, 0.15) is 43.3 Å². The SMILES string of the molecule is CNCc1nc(COC2CCCCC2C)cs1. The summed E-state index contributed by atoms with van der Waals surface area (Å²) in [5.74, 6) is 0.708. The largest absolute Gasteiger partial charge is 0.372 e. The first-order chi connectivity index (χ1) is 8.29. The summed E-state index contributed by atoms with van der Waals surface area (Å²) in [6.45, 7) is 3.83. The van der Waals surface area contributed by atoms with Gasteiger partial charge in [-0.15, -0.1) is 11.3 Å². The number of hydrogen-bond acceptors (Lipinski definition) is 4. The number of hydrogen-bond donors (Lipinski definition) is 1. The van der Waals surface area contributed by atoms with Gasteiger partial charge < -0.3 is 10.1 Å². The molecular weight excluding hydrogens is 232 g/mol. The quantitative estimate of drug-likeness (QED) is 0.877. The summed E-state index contributed by atoms with van der Waals surface area (Å²) in [6, 6.07) is 0. The van der Waals surface area contributed by atoms with E-state index in [1.165, 1.54) is 25.7 Å². The van der Waals surface area contributed by atoms with E-state index in [1.807, 2.05) is 7.05 Å². The van der Waals surface area contributed by atoms with Crippen LogP contribution in [0.15, 0.2) is 5.38 Å². The third-order valence-electron chi connectivity index (χ3n) is 3.41. The van der Waals surface area contributed by atoms with E-state index in [9.17, 15) is 0 Å². The molecule has 0 bridgehead atoms. The van der Waals surface area contributed by atoms with Crippen LogP contribution in [0.4, 0.5) is 0 Å². The topological polar surface area (TPSA) is 34.2 Å². The van der Waals surface area contributed by atoms with E-state index < -0.39 is 0 Å². The first kappa shape index (κ1) is 13.0. The van der Waals surface area contributed by atoms with Crippen LogP contribution in [-0.4, -0.2) is 18.1 Å². The molecule has 1 heterocycles. The first-order valence-corrected chi connectivity index (χ1v) is 7.37. The second-order valence-corrected chi connectivity index (χ2v) is 5.82. The Bertz CT molecular complexity index is 340. The fourth-order valence-electron chi connectivity index (χ4n) is 2.37.